The monoisotopic (exact) mass is 415 g/mol. The minimum absolute atomic E-state index is 0.102. The zero-order valence-electron chi connectivity index (χ0n) is 15.9. The van der Waals surface area contributed by atoms with Crippen molar-refractivity contribution in [1.82, 2.24) is 25.7 Å². The molecule has 1 amide bonds. The third-order valence-electron chi connectivity index (χ3n) is 5.32. The summed E-state index contributed by atoms with van der Waals surface area (Å²) >= 11 is 6.53. The Labute approximate surface area is 177 Å². The van der Waals surface area contributed by atoms with Crippen LogP contribution in [0.1, 0.15) is 27.4 Å². The van der Waals surface area contributed by atoms with Gasteiger partial charge in [-0.2, -0.15) is 15.4 Å². The molecule has 0 bridgehead atoms. The molecule has 0 spiro atoms. The number of hydrogen-bond acceptors (Lipinski definition) is 3. The van der Waals surface area contributed by atoms with E-state index in [1.54, 1.807) is 18.2 Å². The average Bonchev–Trinajstić information content (AvgIpc) is 3.41. The fraction of sp³-hybridized carbons (Fsp3) is 0.0870. The fourth-order valence-corrected chi connectivity index (χ4v) is 4.07. The number of rotatable bonds is 5. The van der Waals surface area contributed by atoms with Gasteiger partial charge >= 0.3 is 0 Å². The molecule has 0 aliphatic rings. The van der Waals surface area contributed by atoms with Crippen LogP contribution in [0, 0.1) is 0 Å². The Balaban J connectivity index is 1.47. The summed E-state index contributed by atoms with van der Waals surface area (Å²) in [7, 11) is 0. The van der Waals surface area contributed by atoms with Gasteiger partial charge in [0.1, 0.15) is 11.0 Å². The molecule has 5 aromatic rings. The molecule has 30 heavy (non-hydrogen) atoms. The van der Waals surface area contributed by atoms with Gasteiger partial charge in [-0.15, -0.1) is 0 Å². The molecule has 0 saturated carbocycles. The van der Waals surface area contributed by atoms with Gasteiger partial charge in [-0.25, -0.2) is 0 Å². The number of para-hydroxylation sites is 1. The first-order valence-electron chi connectivity index (χ1n) is 9.60. The average molecular weight is 416 g/mol. The van der Waals surface area contributed by atoms with Crippen LogP contribution in [0.15, 0.2) is 72.9 Å². The second kappa shape index (κ2) is 7.65. The Bertz CT molecular complexity index is 1360. The Kier molecular flexibility index (Phi) is 4.69. The first-order chi connectivity index (χ1) is 14.7. The topological polar surface area (TPSA) is 86.5 Å². The quantitative estimate of drug-likeness (QED) is 0.390. The van der Waals surface area contributed by atoms with Crippen molar-refractivity contribution in [2.45, 2.75) is 5.92 Å². The lowest BCUT2D eigenvalue weighted by Gasteiger charge is -2.19. The molecule has 0 aliphatic carbocycles. The van der Waals surface area contributed by atoms with Crippen molar-refractivity contribution in [2.24, 2.45) is 0 Å². The highest BCUT2D eigenvalue weighted by molar-refractivity contribution is 6.31. The number of H-pyrrole nitrogens is 2. The summed E-state index contributed by atoms with van der Waals surface area (Å²) in [5, 5.41) is 15.5. The third kappa shape index (κ3) is 3.31. The lowest BCUT2D eigenvalue weighted by molar-refractivity contribution is 0.0952. The van der Waals surface area contributed by atoms with E-state index in [9.17, 15) is 4.79 Å². The van der Waals surface area contributed by atoms with Gasteiger partial charge < -0.3 is 10.3 Å². The Morgan fingerprint density at radius 2 is 1.77 bits per heavy atom. The highest BCUT2D eigenvalue weighted by atomic mass is 35.5. The minimum atomic E-state index is -0.170. The SMILES string of the molecule is O=C(NC[C@H](c1ccccc1Cl)c1c[nH]c2ccccc12)c1ccc2n[nH]nc2c1. The van der Waals surface area contributed by atoms with Crippen LogP contribution in [0.25, 0.3) is 21.9 Å². The van der Waals surface area contributed by atoms with E-state index in [0.29, 0.717) is 22.6 Å². The summed E-state index contributed by atoms with van der Waals surface area (Å²) in [6.07, 6.45) is 1.99. The minimum Gasteiger partial charge on any atom is -0.361 e. The number of amides is 1. The van der Waals surface area contributed by atoms with Crippen LogP contribution in [0.3, 0.4) is 0 Å². The van der Waals surface area contributed by atoms with E-state index < -0.39 is 0 Å². The van der Waals surface area contributed by atoms with E-state index in [1.165, 1.54) is 0 Å². The van der Waals surface area contributed by atoms with Gasteiger partial charge in [-0.1, -0.05) is 48.0 Å². The molecular weight excluding hydrogens is 398 g/mol. The van der Waals surface area contributed by atoms with Crippen LogP contribution in [0.2, 0.25) is 5.02 Å². The molecule has 0 saturated heterocycles. The number of aromatic nitrogens is 4. The predicted molar refractivity (Wildman–Crippen MR) is 118 cm³/mol. The standard InChI is InChI=1S/C23H18ClN5O/c24-19-7-3-1-5-15(19)17(18-12-25-20-8-4-2-6-16(18)20)13-26-23(30)14-9-10-21-22(11-14)28-29-27-21/h1-12,17,25H,13H2,(H,26,30)(H,27,28,29)/t17-/m1/s1. The maximum Gasteiger partial charge on any atom is 0.251 e. The maximum atomic E-state index is 12.9. The molecule has 2 heterocycles. The molecule has 0 fully saturated rings. The zero-order valence-corrected chi connectivity index (χ0v) is 16.6. The van der Waals surface area contributed by atoms with Gasteiger partial charge in [0, 0.05) is 40.1 Å². The molecular formula is C23H18ClN5O. The van der Waals surface area contributed by atoms with Gasteiger partial charge in [-0.3, -0.25) is 4.79 Å². The van der Waals surface area contributed by atoms with Crippen LogP contribution in [-0.4, -0.2) is 32.8 Å². The Morgan fingerprint density at radius 1 is 0.967 bits per heavy atom. The maximum absolute atomic E-state index is 12.9. The van der Waals surface area contributed by atoms with Crippen molar-refractivity contribution in [1.29, 1.82) is 0 Å². The van der Waals surface area contributed by atoms with Crippen LogP contribution < -0.4 is 5.32 Å². The van der Waals surface area contributed by atoms with Crippen molar-refractivity contribution >= 4 is 39.4 Å². The predicted octanol–water partition coefficient (Wildman–Crippen LogP) is 4.65. The summed E-state index contributed by atoms with van der Waals surface area (Å²) in [5.74, 6) is -0.272. The Hall–Kier alpha value is -3.64. The number of aromatic amines is 2. The van der Waals surface area contributed by atoms with Crippen molar-refractivity contribution in [3.05, 3.63) is 94.6 Å². The molecule has 5 rings (SSSR count). The first-order valence-corrected chi connectivity index (χ1v) is 9.97. The molecule has 1 atom stereocenters. The van der Waals surface area contributed by atoms with E-state index in [-0.39, 0.29) is 11.8 Å². The van der Waals surface area contributed by atoms with Crippen LogP contribution in [0.5, 0.6) is 0 Å². The first kappa shape index (κ1) is 18.4. The van der Waals surface area contributed by atoms with Gasteiger partial charge in [0.15, 0.2) is 0 Å². The number of fused-ring (bicyclic) bond motifs is 2. The van der Waals surface area contributed by atoms with Crippen molar-refractivity contribution < 1.29 is 4.79 Å². The van der Waals surface area contributed by atoms with E-state index in [1.807, 2.05) is 48.7 Å². The molecule has 7 heteroatoms. The summed E-state index contributed by atoms with van der Waals surface area (Å²) in [6, 6.07) is 21.1. The number of hydrogen-bond donors (Lipinski definition) is 3. The second-order valence-electron chi connectivity index (χ2n) is 7.10. The van der Waals surface area contributed by atoms with Gasteiger partial charge in [0.2, 0.25) is 0 Å². The fourth-order valence-electron chi connectivity index (χ4n) is 3.81. The lowest BCUT2D eigenvalue weighted by atomic mass is 9.90. The molecule has 0 aliphatic heterocycles. The molecule has 0 unspecified atom stereocenters. The van der Waals surface area contributed by atoms with E-state index >= 15 is 0 Å². The smallest absolute Gasteiger partial charge is 0.251 e. The number of nitrogens with one attached hydrogen (secondary N) is 3. The number of halogens is 1. The number of nitrogens with zero attached hydrogens (tertiary/aromatic N) is 2. The highest BCUT2D eigenvalue weighted by Gasteiger charge is 2.21. The number of carbonyl (C=O) groups excluding carboxylic acids is 1. The van der Waals surface area contributed by atoms with Gasteiger partial charge in [-0.05, 0) is 41.5 Å². The largest absolute Gasteiger partial charge is 0.361 e. The van der Waals surface area contributed by atoms with Crippen molar-refractivity contribution in [3.63, 3.8) is 0 Å². The van der Waals surface area contributed by atoms with Crippen molar-refractivity contribution in [2.75, 3.05) is 6.54 Å². The number of benzene rings is 3. The van der Waals surface area contributed by atoms with E-state index in [2.05, 4.69) is 31.8 Å². The van der Waals surface area contributed by atoms with Crippen LogP contribution in [0.4, 0.5) is 0 Å². The van der Waals surface area contributed by atoms with E-state index in [0.717, 1.165) is 27.5 Å². The number of carbonyl (C=O) groups is 1. The lowest BCUT2D eigenvalue weighted by Crippen LogP contribution is -2.29. The molecule has 0 radical (unpaired) electrons. The van der Waals surface area contributed by atoms with Crippen LogP contribution >= 0.6 is 11.6 Å². The molecule has 3 aromatic carbocycles. The molecule has 6 nitrogen and oxygen atoms in total. The normalized spacial score (nSPS) is 12.3. The molecule has 2 aromatic heterocycles. The molecule has 148 valence electrons. The van der Waals surface area contributed by atoms with Crippen LogP contribution in [-0.2, 0) is 0 Å². The summed E-state index contributed by atoms with van der Waals surface area (Å²) in [4.78, 5) is 16.2. The van der Waals surface area contributed by atoms with E-state index in [4.69, 9.17) is 11.6 Å². The highest BCUT2D eigenvalue weighted by Crippen LogP contribution is 2.34. The zero-order chi connectivity index (χ0) is 20.5. The third-order valence-corrected chi connectivity index (χ3v) is 5.67. The van der Waals surface area contributed by atoms with Crippen molar-refractivity contribution in [3.8, 4) is 0 Å². The van der Waals surface area contributed by atoms with Gasteiger partial charge in [0.05, 0.1) is 0 Å². The Morgan fingerprint density at radius 3 is 2.67 bits per heavy atom. The van der Waals surface area contributed by atoms with Gasteiger partial charge in [0.25, 0.3) is 5.91 Å². The summed E-state index contributed by atoms with van der Waals surface area (Å²) in [5.41, 5.74) is 5.02. The molecule has 3 N–H and O–H groups in total. The second-order valence-corrected chi connectivity index (χ2v) is 7.51. The summed E-state index contributed by atoms with van der Waals surface area (Å²) < 4.78 is 0. The summed E-state index contributed by atoms with van der Waals surface area (Å²) in [6.45, 7) is 0.404.